The van der Waals surface area contributed by atoms with Crippen LogP contribution in [0.2, 0.25) is 0 Å². The van der Waals surface area contributed by atoms with Gasteiger partial charge in [-0.15, -0.1) is 11.8 Å². The summed E-state index contributed by atoms with van der Waals surface area (Å²) in [4.78, 5) is 12.6. The lowest BCUT2D eigenvalue weighted by atomic mass is 9.99. The molecule has 1 aromatic rings. The highest BCUT2D eigenvalue weighted by atomic mass is 79.9. The molecule has 0 aromatic heterocycles. The summed E-state index contributed by atoms with van der Waals surface area (Å²) in [5.41, 5.74) is 0. The monoisotopic (exact) mass is 284 g/mol. The van der Waals surface area contributed by atoms with Gasteiger partial charge in [-0.05, 0) is 40.9 Å². The highest BCUT2D eigenvalue weighted by Crippen LogP contribution is 2.35. The van der Waals surface area contributed by atoms with Crippen LogP contribution < -0.4 is 0 Å². The zero-order chi connectivity index (χ0) is 10.7. The molecule has 0 amide bonds. The summed E-state index contributed by atoms with van der Waals surface area (Å²) in [6.45, 7) is 0. The van der Waals surface area contributed by atoms with Crippen molar-refractivity contribution in [3.63, 3.8) is 0 Å². The molecular weight excluding hydrogens is 272 g/mol. The molecule has 1 saturated carbocycles. The van der Waals surface area contributed by atoms with Crippen molar-refractivity contribution in [3.05, 3.63) is 28.7 Å². The number of thioether (sulfide) groups is 1. The fourth-order valence-electron chi connectivity index (χ4n) is 1.81. The zero-order valence-corrected chi connectivity index (χ0v) is 10.8. The maximum absolute atomic E-state index is 11.3. The number of hydrogen-bond donors (Lipinski definition) is 0. The van der Waals surface area contributed by atoms with E-state index in [9.17, 15) is 4.79 Å². The SMILES string of the molecule is O=C1CCC[C@H](Sc2ccccc2Br)C1. The smallest absolute Gasteiger partial charge is 0.134 e. The van der Waals surface area contributed by atoms with Gasteiger partial charge in [-0.25, -0.2) is 0 Å². The second-order valence-corrected chi connectivity index (χ2v) is 6.00. The molecule has 80 valence electrons. The first-order valence-electron chi connectivity index (χ1n) is 5.18. The van der Waals surface area contributed by atoms with Gasteiger partial charge in [-0.1, -0.05) is 12.1 Å². The molecule has 0 saturated heterocycles. The average Bonchev–Trinajstić information content (AvgIpc) is 2.22. The van der Waals surface area contributed by atoms with Crippen LogP contribution in [-0.2, 0) is 4.79 Å². The number of carbonyl (C=O) groups excluding carboxylic acids is 1. The van der Waals surface area contributed by atoms with Crippen LogP contribution >= 0.6 is 27.7 Å². The molecule has 3 heteroatoms. The van der Waals surface area contributed by atoms with Gasteiger partial charge in [0.1, 0.15) is 5.78 Å². The number of hydrogen-bond acceptors (Lipinski definition) is 2. The number of rotatable bonds is 2. The molecule has 0 heterocycles. The molecule has 15 heavy (non-hydrogen) atoms. The van der Waals surface area contributed by atoms with Crippen LogP contribution in [0.1, 0.15) is 25.7 Å². The summed E-state index contributed by atoms with van der Waals surface area (Å²) in [5.74, 6) is 0.422. The first kappa shape index (κ1) is 11.2. The second-order valence-electron chi connectivity index (χ2n) is 3.81. The van der Waals surface area contributed by atoms with E-state index in [0.717, 1.165) is 30.2 Å². The van der Waals surface area contributed by atoms with Gasteiger partial charge in [0.2, 0.25) is 0 Å². The molecule has 0 radical (unpaired) electrons. The molecule has 0 N–H and O–H groups in total. The third kappa shape index (κ3) is 3.08. The molecule has 1 aliphatic carbocycles. The predicted molar refractivity (Wildman–Crippen MR) is 67.3 cm³/mol. The van der Waals surface area contributed by atoms with Crippen molar-refractivity contribution < 1.29 is 4.79 Å². The van der Waals surface area contributed by atoms with Crippen molar-refractivity contribution in [3.8, 4) is 0 Å². The highest BCUT2D eigenvalue weighted by molar-refractivity contribution is 9.10. The summed E-state index contributed by atoms with van der Waals surface area (Å²) >= 11 is 5.36. The van der Waals surface area contributed by atoms with E-state index in [1.807, 2.05) is 30.0 Å². The topological polar surface area (TPSA) is 17.1 Å². The number of halogens is 1. The van der Waals surface area contributed by atoms with Gasteiger partial charge < -0.3 is 0 Å². The maximum Gasteiger partial charge on any atom is 0.134 e. The lowest BCUT2D eigenvalue weighted by molar-refractivity contribution is -0.120. The average molecular weight is 285 g/mol. The van der Waals surface area contributed by atoms with E-state index in [2.05, 4.69) is 22.0 Å². The Morgan fingerprint density at radius 3 is 2.87 bits per heavy atom. The summed E-state index contributed by atoms with van der Waals surface area (Å²) in [6.07, 6.45) is 3.75. The summed E-state index contributed by atoms with van der Waals surface area (Å²) in [7, 11) is 0. The minimum absolute atomic E-state index is 0.422. The molecule has 0 spiro atoms. The Kier molecular flexibility index (Phi) is 3.87. The molecule has 0 unspecified atom stereocenters. The maximum atomic E-state index is 11.3. The Bertz CT molecular complexity index is 364. The molecule has 1 fully saturated rings. The van der Waals surface area contributed by atoms with E-state index in [1.54, 1.807) is 0 Å². The molecule has 1 aromatic carbocycles. The van der Waals surface area contributed by atoms with Crippen molar-refractivity contribution in [1.82, 2.24) is 0 Å². The van der Waals surface area contributed by atoms with Gasteiger partial charge in [0.25, 0.3) is 0 Å². The quantitative estimate of drug-likeness (QED) is 0.815. The third-order valence-electron chi connectivity index (χ3n) is 2.57. The van der Waals surface area contributed by atoms with Gasteiger partial charge in [-0.2, -0.15) is 0 Å². The van der Waals surface area contributed by atoms with Crippen LogP contribution in [0.5, 0.6) is 0 Å². The largest absolute Gasteiger partial charge is 0.300 e. The molecule has 2 rings (SSSR count). The zero-order valence-electron chi connectivity index (χ0n) is 8.41. The van der Waals surface area contributed by atoms with Crippen LogP contribution in [0.3, 0.4) is 0 Å². The van der Waals surface area contributed by atoms with E-state index >= 15 is 0 Å². The fraction of sp³-hybridized carbons (Fsp3) is 0.417. The Hall–Kier alpha value is -0.280. The second kappa shape index (κ2) is 5.17. The molecule has 1 aliphatic rings. The Morgan fingerprint density at radius 2 is 2.13 bits per heavy atom. The number of ketones is 1. The van der Waals surface area contributed by atoms with Crippen LogP contribution in [0.15, 0.2) is 33.6 Å². The van der Waals surface area contributed by atoms with Crippen molar-refractivity contribution in [1.29, 1.82) is 0 Å². The highest BCUT2D eigenvalue weighted by Gasteiger charge is 2.20. The van der Waals surface area contributed by atoms with E-state index in [1.165, 1.54) is 4.90 Å². The fourth-order valence-corrected chi connectivity index (χ4v) is 3.62. The van der Waals surface area contributed by atoms with Crippen molar-refractivity contribution in [2.45, 2.75) is 35.8 Å². The molecule has 0 aliphatic heterocycles. The van der Waals surface area contributed by atoms with Gasteiger partial charge in [0.05, 0.1) is 0 Å². The van der Waals surface area contributed by atoms with Crippen molar-refractivity contribution >= 4 is 33.5 Å². The van der Waals surface area contributed by atoms with Gasteiger partial charge in [-0.3, -0.25) is 4.79 Å². The first-order valence-corrected chi connectivity index (χ1v) is 6.86. The van der Waals surface area contributed by atoms with E-state index < -0.39 is 0 Å². The molecule has 1 atom stereocenters. The van der Waals surface area contributed by atoms with Gasteiger partial charge >= 0.3 is 0 Å². The first-order chi connectivity index (χ1) is 7.25. The predicted octanol–water partition coefficient (Wildman–Crippen LogP) is 4.05. The van der Waals surface area contributed by atoms with Crippen molar-refractivity contribution in [2.75, 3.05) is 0 Å². The standard InChI is InChI=1S/C12H13BrOS/c13-11-6-1-2-7-12(11)15-10-5-3-4-9(14)8-10/h1-2,6-7,10H,3-5,8H2/t10-/m0/s1. The Balaban J connectivity index is 2.02. The summed E-state index contributed by atoms with van der Waals surface area (Å²) < 4.78 is 1.13. The van der Waals surface area contributed by atoms with E-state index in [4.69, 9.17) is 0 Å². The number of benzene rings is 1. The van der Waals surface area contributed by atoms with Gasteiger partial charge in [0.15, 0.2) is 0 Å². The lowest BCUT2D eigenvalue weighted by Crippen LogP contribution is -2.16. The Labute approximate surface area is 103 Å². The third-order valence-corrected chi connectivity index (χ3v) is 4.87. The van der Waals surface area contributed by atoms with Crippen LogP contribution in [0.25, 0.3) is 0 Å². The van der Waals surface area contributed by atoms with Crippen LogP contribution in [0.4, 0.5) is 0 Å². The summed E-state index contributed by atoms with van der Waals surface area (Å²) in [5, 5.41) is 0.477. The van der Waals surface area contributed by atoms with Gasteiger partial charge in [0, 0.05) is 27.5 Å². The minimum Gasteiger partial charge on any atom is -0.300 e. The van der Waals surface area contributed by atoms with E-state index in [0.29, 0.717) is 11.0 Å². The number of Topliss-reactive ketones (excluding diaryl/α,β-unsaturated/α-hetero) is 1. The Morgan fingerprint density at radius 1 is 1.33 bits per heavy atom. The van der Waals surface area contributed by atoms with E-state index in [-0.39, 0.29) is 0 Å². The molecular formula is C12H13BrOS. The lowest BCUT2D eigenvalue weighted by Gasteiger charge is -2.20. The molecule has 0 bridgehead atoms. The minimum atomic E-state index is 0.422. The summed E-state index contributed by atoms with van der Waals surface area (Å²) in [6, 6.07) is 8.21. The van der Waals surface area contributed by atoms with Crippen molar-refractivity contribution in [2.24, 2.45) is 0 Å². The normalized spacial score (nSPS) is 21.7. The number of carbonyl (C=O) groups is 1. The molecule has 1 nitrogen and oxygen atoms in total. The van der Waals surface area contributed by atoms with Crippen LogP contribution in [0, 0.1) is 0 Å². The van der Waals surface area contributed by atoms with Crippen LogP contribution in [-0.4, -0.2) is 11.0 Å².